The number of benzene rings is 3. The number of H-pyrrole nitrogens is 1. The molecule has 1 heterocycles. The lowest BCUT2D eigenvalue weighted by molar-refractivity contribution is -0.137. The van der Waals surface area contributed by atoms with Gasteiger partial charge < -0.3 is 15.2 Å². The van der Waals surface area contributed by atoms with Crippen LogP contribution in [0.2, 0.25) is 0 Å². The summed E-state index contributed by atoms with van der Waals surface area (Å²) in [6.07, 6.45) is -0.365. The highest BCUT2D eigenvalue weighted by Crippen LogP contribution is 2.32. The van der Waals surface area contributed by atoms with Crippen molar-refractivity contribution in [2.45, 2.75) is 12.5 Å². The number of aliphatic carboxylic acids is 1. The van der Waals surface area contributed by atoms with E-state index < -0.39 is 23.5 Å². The molecular formula is C26H23N3O5. The van der Waals surface area contributed by atoms with Crippen molar-refractivity contribution in [3.63, 3.8) is 0 Å². The van der Waals surface area contributed by atoms with E-state index in [0.717, 1.165) is 11.1 Å². The Kier molecular flexibility index (Phi) is 6.59. The number of carboxylic acid groups (broad SMARTS) is 1. The second kappa shape index (κ2) is 9.91. The van der Waals surface area contributed by atoms with Gasteiger partial charge in [-0.25, -0.2) is 4.68 Å². The van der Waals surface area contributed by atoms with Crippen LogP contribution in [0.15, 0.2) is 89.7 Å². The number of rotatable bonds is 8. The predicted molar refractivity (Wildman–Crippen MR) is 127 cm³/mol. The Balaban J connectivity index is 1.64. The molecule has 1 aromatic heterocycles. The summed E-state index contributed by atoms with van der Waals surface area (Å²) in [4.78, 5) is 36.9. The zero-order valence-electron chi connectivity index (χ0n) is 18.4. The number of para-hydroxylation sites is 1. The first-order valence-electron chi connectivity index (χ1n) is 10.6. The van der Waals surface area contributed by atoms with Crippen LogP contribution in [0.5, 0.6) is 5.75 Å². The molecule has 34 heavy (non-hydrogen) atoms. The molecule has 0 aliphatic rings. The zero-order valence-corrected chi connectivity index (χ0v) is 18.4. The molecule has 3 aromatic carbocycles. The van der Waals surface area contributed by atoms with E-state index in [1.54, 1.807) is 36.4 Å². The van der Waals surface area contributed by atoms with Gasteiger partial charge in [0.15, 0.2) is 0 Å². The standard InChI is InChI=1S/C26H23N3O5/c1-34-23-14-18(17-8-4-2-5-9-17)12-13-20(23)21(16-25(31)32)27-26(33)22-15-24(30)29(28-22)19-10-6-3-7-11-19/h2-15,21,28H,16H2,1H3,(H,27,33)(H,31,32). The fourth-order valence-corrected chi connectivity index (χ4v) is 3.74. The molecule has 1 unspecified atom stereocenters. The van der Waals surface area contributed by atoms with Crippen LogP contribution in [-0.4, -0.2) is 33.9 Å². The lowest BCUT2D eigenvalue weighted by Gasteiger charge is -2.20. The van der Waals surface area contributed by atoms with Gasteiger partial charge in [0.2, 0.25) is 0 Å². The van der Waals surface area contributed by atoms with Gasteiger partial charge in [-0.3, -0.25) is 19.5 Å². The van der Waals surface area contributed by atoms with E-state index in [1.165, 1.54) is 17.9 Å². The Bertz CT molecular complexity index is 1360. The summed E-state index contributed by atoms with van der Waals surface area (Å²) in [5, 5.41) is 15.0. The van der Waals surface area contributed by atoms with Crippen molar-refractivity contribution in [1.29, 1.82) is 0 Å². The van der Waals surface area contributed by atoms with Crippen molar-refractivity contribution >= 4 is 11.9 Å². The zero-order chi connectivity index (χ0) is 24.1. The number of aromatic amines is 1. The number of carbonyl (C=O) groups excluding carboxylic acids is 1. The van der Waals surface area contributed by atoms with Crippen LogP contribution in [0.25, 0.3) is 16.8 Å². The van der Waals surface area contributed by atoms with E-state index >= 15 is 0 Å². The number of methoxy groups -OCH3 is 1. The molecule has 8 heteroatoms. The molecule has 0 saturated carbocycles. The Morgan fingerprint density at radius 3 is 2.29 bits per heavy atom. The van der Waals surface area contributed by atoms with Crippen molar-refractivity contribution < 1.29 is 19.4 Å². The van der Waals surface area contributed by atoms with Crippen LogP contribution < -0.4 is 15.6 Å². The fraction of sp³-hybridized carbons (Fsp3) is 0.115. The summed E-state index contributed by atoms with van der Waals surface area (Å²) < 4.78 is 6.78. The van der Waals surface area contributed by atoms with E-state index in [1.807, 2.05) is 42.5 Å². The second-order valence-electron chi connectivity index (χ2n) is 7.63. The van der Waals surface area contributed by atoms with Crippen LogP contribution >= 0.6 is 0 Å². The monoisotopic (exact) mass is 457 g/mol. The molecule has 0 aliphatic heterocycles. The fourth-order valence-electron chi connectivity index (χ4n) is 3.74. The summed E-state index contributed by atoms with van der Waals surface area (Å²) >= 11 is 0. The first-order valence-corrected chi connectivity index (χ1v) is 10.6. The highest BCUT2D eigenvalue weighted by molar-refractivity contribution is 5.93. The number of nitrogens with one attached hydrogen (secondary N) is 2. The van der Waals surface area contributed by atoms with Crippen molar-refractivity contribution in [1.82, 2.24) is 15.1 Å². The van der Waals surface area contributed by atoms with E-state index in [2.05, 4.69) is 10.4 Å². The molecular weight excluding hydrogens is 434 g/mol. The molecule has 8 nitrogen and oxygen atoms in total. The Morgan fingerprint density at radius 2 is 1.65 bits per heavy atom. The summed E-state index contributed by atoms with van der Waals surface area (Å²) in [7, 11) is 1.49. The van der Waals surface area contributed by atoms with Crippen LogP contribution in [0.4, 0.5) is 0 Å². The van der Waals surface area contributed by atoms with E-state index in [-0.39, 0.29) is 12.1 Å². The highest BCUT2D eigenvalue weighted by Gasteiger charge is 2.24. The topological polar surface area (TPSA) is 113 Å². The average Bonchev–Trinajstić information content (AvgIpc) is 3.25. The molecule has 172 valence electrons. The molecule has 0 spiro atoms. The average molecular weight is 457 g/mol. The van der Waals surface area contributed by atoms with E-state index in [0.29, 0.717) is 17.0 Å². The number of ether oxygens (including phenoxy) is 1. The van der Waals surface area contributed by atoms with Crippen molar-refractivity contribution in [2.24, 2.45) is 0 Å². The third-order valence-electron chi connectivity index (χ3n) is 5.38. The maximum Gasteiger partial charge on any atom is 0.305 e. The van der Waals surface area contributed by atoms with Gasteiger partial charge in [0.05, 0.1) is 25.3 Å². The largest absolute Gasteiger partial charge is 0.496 e. The number of aromatic nitrogens is 2. The number of hydrogen-bond donors (Lipinski definition) is 3. The van der Waals surface area contributed by atoms with Crippen LogP contribution in [0.3, 0.4) is 0 Å². The minimum atomic E-state index is -1.09. The van der Waals surface area contributed by atoms with Gasteiger partial charge in [0.1, 0.15) is 11.4 Å². The molecule has 0 radical (unpaired) electrons. The van der Waals surface area contributed by atoms with Crippen LogP contribution in [-0.2, 0) is 4.79 Å². The van der Waals surface area contributed by atoms with Crippen molar-refractivity contribution in [3.05, 3.63) is 107 Å². The number of amides is 1. The van der Waals surface area contributed by atoms with Crippen molar-refractivity contribution in [3.8, 4) is 22.6 Å². The molecule has 4 rings (SSSR count). The number of nitrogens with zero attached hydrogens (tertiary/aromatic N) is 1. The Morgan fingerprint density at radius 1 is 0.971 bits per heavy atom. The number of carbonyl (C=O) groups is 2. The first kappa shape index (κ1) is 22.6. The van der Waals surface area contributed by atoms with Gasteiger partial charge in [-0.1, -0.05) is 60.7 Å². The normalized spacial score (nSPS) is 11.6. The number of hydrogen-bond acceptors (Lipinski definition) is 4. The summed E-state index contributed by atoms with van der Waals surface area (Å²) in [5.74, 6) is -1.25. The van der Waals surface area contributed by atoms with Gasteiger partial charge in [0, 0.05) is 11.6 Å². The maximum absolute atomic E-state index is 13.0. The molecule has 1 atom stereocenters. The first-order chi connectivity index (χ1) is 16.5. The quantitative estimate of drug-likeness (QED) is 0.373. The minimum Gasteiger partial charge on any atom is -0.496 e. The van der Waals surface area contributed by atoms with Gasteiger partial charge in [-0.15, -0.1) is 0 Å². The summed E-state index contributed by atoms with van der Waals surface area (Å²) in [6, 6.07) is 24.2. The predicted octanol–water partition coefficient (Wildman–Crippen LogP) is 3.79. The SMILES string of the molecule is COc1cc(-c2ccccc2)ccc1C(CC(=O)O)NC(=O)c1cc(=O)n(-c2ccccc2)[nH]1. The lowest BCUT2D eigenvalue weighted by Crippen LogP contribution is -2.31. The van der Waals surface area contributed by atoms with E-state index in [4.69, 9.17) is 4.74 Å². The third-order valence-corrected chi connectivity index (χ3v) is 5.38. The second-order valence-corrected chi connectivity index (χ2v) is 7.63. The minimum absolute atomic E-state index is 0.0177. The molecule has 0 fully saturated rings. The molecule has 1 amide bonds. The molecule has 0 bridgehead atoms. The maximum atomic E-state index is 13.0. The molecule has 3 N–H and O–H groups in total. The smallest absolute Gasteiger partial charge is 0.305 e. The van der Waals surface area contributed by atoms with Crippen molar-refractivity contribution in [2.75, 3.05) is 7.11 Å². The Labute approximate surface area is 195 Å². The lowest BCUT2D eigenvalue weighted by atomic mass is 9.97. The van der Waals surface area contributed by atoms with Crippen LogP contribution in [0.1, 0.15) is 28.5 Å². The summed E-state index contributed by atoms with van der Waals surface area (Å²) in [5.41, 5.74) is 2.58. The Hall–Kier alpha value is -4.59. The number of carboxylic acids is 1. The van der Waals surface area contributed by atoms with Crippen LogP contribution in [0, 0.1) is 0 Å². The van der Waals surface area contributed by atoms with Gasteiger partial charge in [-0.05, 0) is 29.3 Å². The summed E-state index contributed by atoms with van der Waals surface area (Å²) in [6.45, 7) is 0. The third kappa shape index (κ3) is 4.91. The van der Waals surface area contributed by atoms with Gasteiger partial charge in [-0.2, -0.15) is 0 Å². The van der Waals surface area contributed by atoms with Gasteiger partial charge >= 0.3 is 5.97 Å². The molecule has 0 saturated heterocycles. The highest BCUT2D eigenvalue weighted by atomic mass is 16.5. The van der Waals surface area contributed by atoms with E-state index in [9.17, 15) is 19.5 Å². The molecule has 4 aromatic rings. The van der Waals surface area contributed by atoms with Gasteiger partial charge in [0.25, 0.3) is 11.5 Å². The molecule has 0 aliphatic carbocycles.